The highest BCUT2D eigenvalue weighted by atomic mass is 32.2. The summed E-state index contributed by atoms with van der Waals surface area (Å²) in [7, 11) is -4.11. The lowest BCUT2D eigenvalue weighted by atomic mass is 10.1. The van der Waals surface area contributed by atoms with Gasteiger partial charge in [-0.05, 0) is 18.6 Å². The van der Waals surface area contributed by atoms with Crippen LogP contribution in [0, 0.1) is 5.92 Å². The van der Waals surface area contributed by atoms with E-state index in [1.165, 1.54) is 12.2 Å². The van der Waals surface area contributed by atoms with Crippen LogP contribution in [0.15, 0.2) is 28.5 Å². The fourth-order valence-corrected chi connectivity index (χ4v) is 4.24. The van der Waals surface area contributed by atoms with Gasteiger partial charge in [0.05, 0.1) is 5.92 Å². The molecule has 2 atom stereocenters. The van der Waals surface area contributed by atoms with Crippen molar-refractivity contribution in [3.8, 4) is 0 Å². The minimum Gasteiger partial charge on any atom is -0.481 e. The largest absolute Gasteiger partial charge is 0.481 e. The van der Waals surface area contributed by atoms with Crippen LogP contribution < -0.4 is 4.72 Å². The number of halogens is 3. The van der Waals surface area contributed by atoms with Gasteiger partial charge in [0.25, 0.3) is 10.0 Å². The van der Waals surface area contributed by atoms with E-state index < -0.39 is 43.2 Å². The Morgan fingerprint density at radius 1 is 1.33 bits per heavy atom. The van der Waals surface area contributed by atoms with Gasteiger partial charge in [0.15, 0.2) is 0 Å². The van der Waals surface area contributed by atoms with E-state index in [2.05, 4.69) is 4.72 Å². The van der Waals surface area contributed by atoms with Crippen LogP contribution in [0.2, 0.25) is 0 Å². The first-order chi connectivity index (χ1) is 9.59. The van der Waals surface area contributed by atoms with Gasteiger partial charge in [0, 0.05) is 6.04 Å². The zero-order valence-electron chi connectivity index (χ0n) is 10.3. The van der Waals surface area contributed by atoms with Gasteiger partial charge in [-0.15, -0.1) is 11.3 Å². The van der Waals surface area contributed by atoms with Crippen LogP contribution in [0.25, 0.3) is 0 Å². The molecule has 0 aliphatic heterocycles. The number of hydrogen-bond donors (Lipinski definition) is 2. The Labute approximate surface area is 122 Å². The molecular formula is C11H10F3NO4S2. The molecule has 1 aliphatic rings. The number of alkyl halides is 3. The Kier molecular flexibility index (Phi) is 4.13. The molecule has 116 valence electrons. The first kappa shape index (κ1) is 16.0. The summed E-state index contributed by atoms with van der Waals surface area (Å²) in [5.41, 5.74) is 0. The van der Waals surface area contributed by atoms with Crippen molar-refractivity contribution < 1.29 is 31.5 Å². The van der Waals surface area contributed by atoms with Crippen molar-refractivity contribution in [2.75, 3.05) is 0 Å². The second-order valence-corrected chi connectivity index (χ2v) is 7.43. The standard InChI is InChI=1S/C11H10F3NO4S2/c12-11(13,14)8-3-4-9(20-8)21(18,19)15-7-2-1-6(5-7)10(16)17/h1-4,6-7,15H,5H2,(H,16,17). The molecule has 1 aromatic heterocycles. The number of carbonyl (C=O) groups is 1. The van der Waals surface area contributed by atoms with Gasteiger partial charge in [-0.1, -0.05) is 12.2 Å². The fraction of sp³-hybridized carbons (Fsp3) is 0.364. The van der Waals surface area contributed by atoms with Crippen LogP contribution in [0.1, 0.15) is 11.3 Å². The van der Waals surface area contributed by atoms with E-state index in [1.54, 1.807) is 0 Å². The number of sulfonamides is 1. The summed E-state index contributed by atoms with van der Waals surface area (Å²) in [4.78, 5) is 9.74. The molecule has 0 aromatic carbocycles. The van der Waals surface area contributed by atoms with Crippen LogP contribution >= 0.6 is 11.3 Å². The van der Waals surface area contributed by atoms with E-state index in [1.807, 2.05) is 0 Å². The Hall–Kier alpha value is -1.39. The van der Waals surface area contributed by atoms with Crippen molar-refractivity contribution in [3.63, 3.8) is 0 Å². The number of aliphatic carboxylic acids is 1. The van der Waals surface area contributed by atoms with Crippen LogP contribution in [0.4, 0.5) is 13.2 Å². The predicted octanol–water partition coefficient (Wildman–Crippen LogP) is 2.07. The molecular weight excluding hydrogens is 331 g/mol. The van der Waals surface area contributed by atoms with Crippen molar-refractivity contribution in [1.82, 2.24) is 4.72 Å². The summed E-state index contributed by atoms with van der Waals surface area (Å²) >= 11 is 0.121. The van der Waals surface area contributed by atoms with E-state index in [-0.39, 0.29) is 17.8 Å². The average Bonchev–Trinajstić information content (AvgIpc) is 2.94. The summed E-state index contributed by atoms with van der Waals surface area (Å²) < 4.78 is 63.0. The summed E-state index contributed by atoms with van der Waals surface area (Å²) in [6.45, 7) is 0. The SMILES string of the molecule is O=C(O)C1C=CC(NS(=O)(=O)c2ccc(C(F)(F)F)s2)C1. The van der Waals surface area contributed by atoms with Gasteiger partial charge in [-0.25, -0.2) is 13.1 Å². The van der Waals surface area contributed by atoms with Crippen molar-refractivity contribution in [2.45, 2.75) is 22.8 Å². The minimum absolute atomic E-state index is 0.0338. The number of hydrogen-bond acceptors (Lipinski definition) is 4. The maximum Gasteiger partial charge on any atom is 0.425 e. The molecule has 0 amide bonds. The van der Waals surface area contributed by atoms with Crippen LogP contribution in [-0.4, -0.2) is 25.5 Å². The third kappa shape index (κ3) is 3.63. The monoisotopic (exact) mass is 341 g/mol. The molecule has 0 radical (unpaired) electrons. The van der Waals surface area contributed by atoms with Crippen LogP contribution in [0.3, 0.4) is 0 Å². The van der Waals surface area contributed by atoms with Gasteiger partial charge >= 0.3 is 12.1 Å². The van der Waals surface area contributed by atoms with Gasteiger partial charge in [0.2, 0.25) is 0 Å². The maximum atomic E-state index is 12.5. The summed E-state index contributed by atoms with van der Waals surface area (Å²) in [6.07, 6.45) is -1.83. The van der Waals surface area contributed by atoms with E-state index in [9.17, 15) is 26.4 Å². The zero-order chi connectivity index (χ0) is 15.8. The molecule has 0 fully saturated rings. The highest BCUT2D eigenvalue weighted by molar-refractivity contribution is 7.91. The van der Waals surface area contributed by atoms with E-state index >= 15 is 0 Å². The van der Waals surface area contributed by atoms with Crippen molar-refractivity contribution >= 4 is 27.3 Å². The molecule has 2 rings (SSSR count). The quantitative estimate of drug-likeness (QED) is 0.822. The van der Waals surface area contributed by atoms with Crippen LogP contribution in [-0.2, 0) is 21.0 Å². The summed E-state index contributed by atoms with van der Waals surface area (Å²) in [5.74, 6) is -1.88. The number of thiophene rings is 1. The van der Waals surface area contributed by atoms with Gasteiger partial charge in [-0.2, -0.15) is 13.2 Å². The van der Waals surface area contributed by atoms with Crippen molar-refractivity contribution in [3.05, 3.63) is 29.2 Å². The number of carboxylic acids is 1. The molecule has 1 aromatic rings. The molecule has 21 heavy (non-hydrogen) atoms. The van der Waals surface area contributed by atoms with Crippen LogP contribution in [0.5, 0.6) is 0 Å². The first-order valence-electron chi connectivity index (χ1n) is 5.70. The molecule has 0 bridgehead atoms. The molecule has 0 saturated heterocycles. The minimum atomic E-state index is -4.60. The Morgan fingerprint density at radius 2 is 2.00 bits per heavy atom. The Morgan fingerprint density at radius 3 is 2.48 bits per heavy atom. The molecule has 5 nitrogen and oxygen atoms in total. The Balaban J connectivity index is 2.12. The summed E-state index contributed by atoms with van der Waals surface area (Å²) in [6, 6.07) is 0.833. The van der Waals surface area contributed by atoms with E-state index in [4.69, 9.17) is 5.11 Å². The second-order valence-electron chi connectivity index (χ2n) is 4.41. The average molecular weight is 341 g/mol. The number of carboxylic acid groups (broad SMARTS) is 1. The molecule has 1 heterocycles. The lowest BCUT2D eigenvalue weighted by molar-refractivity contribution is -0.140. The molecule has 2 N–H and O–H groups in total. The maximum absolute atomic E-state index is 12.5. The number of rotatable bonds is 4. The Bertz CT molecular complexity index is 678. The lowest BCUT2D eigenvalue weighted by Gasteiger charge is -2.11. The number of nitrogens with one attached hydrogen (secondary N) is 1. The second kappa shape index (κ2) is 5.43. The van der Waals surface area contributed by atoms with Gasteiger partial charge in [-0.3, -0.25) is 4.79 Å². The van der Waals surface area contributed by atoms with Crippen molar-refractivity contribution in [1.29, 1.82) is 0 Å². The normalized spacial score (nSPS) is 22.6. The zero-order valence-corrected chi connectivity index (χ0v) is 11.9. The first-order valence-corrected chi connectivity index (χ1v) is 8.00. The highest BCUT2D eigenvalue weighted by Crippen LogP contribution is 2.36. The van der Waals surface area contributed by atoms with Crippen molar-refractivity contribution in [2.24, 2.45) is 5.92 Å². The molecule has 0 spiro atoms. The van der Waals surface area contributed by atoms with Gasteiger partial charge < -0.3 is 5.11 Å². The third-order valence-electron chi connectivity index (χ3n) is 2.83. The molecule has 10 heteroatoms. The topological polar surface area (TPSA) is 83.5 Å². The van der Waals surface area contributed by atoms with E-state index in [0.717, 1.165) is 6.07 Å². The van der Waals surface area contributed by atoms with Gasteiger partial charge in [0.1, 0.15) is 9.09 Å². The summed E-state index contributed by atoms with van der Waals surface area (Å²) in [5, 5.41) is 8.79. The molecule has 2 unspecified atom stereocenters. The predicted molar refractivity (Wildman–Crippen MR) is 68.3 cm³/mol. The molecule has 0 saturated carbocycles. The van der Waals surface area contributed by atoms with E-state index in [0.29, 0.717) is 6.07 Å². The molecule has 1 aliphatic carbocycles. The highest BCUT2D eigenvalue weighted by Gasteiger charge is 2.35. The lowest BCUT2D eigenvalue weighted by Crippen LogP contribution is -2.32. The third-order valence-corrected chi connectivity index (χ3v) is 5.94. The fourth-order valence-electron chi connectivity index (χ4n) is 1.84. The smallest absolute Gasteiger partial charge is 0.425 e.